The molecule has 1 aromatic carbocycles. The van der Waals surface area contributed by atoms with Crippen LogP contribution in [0, 0.1) is 13.8 Å². The second-order valence-corrected chi connectivity index (χ2v) is 5.49. The van der Waals surface area contributed by atoms with Crippen LogP contribution in [0.4, 0.5) is 0 Å². The number of carbonyl (C=O) groups is 1. The minimum absolute atomic E-state index is 0.124. The first-order valence-corrected chi connectivity index (χ1v) is 6.93. The second kappa shape index (κ2) is 4.94. The molecule has 0 bridgehead atoms. The highest BCUT2D eigenvalue weighted by Gasteiger charge is 2.41. The van der Waals surface area contributed by atoms with Gasteiger partial charge in [-0.05, 0) is 25.0 Å². The lowest BCUT2D eigenvalue weighted by molar-refractivity contribution is 0.0944. The van der Waals surface area contributed by atoms with Crippen molar-refractivity contribution in [2.45, 2.75) is 32.2 Å². The van der Waals surface area contributed by atoms with Crippen LogP contribution < -0.4 is 5.32 Å². The fraction of sp³-hybridized carbons (Fsp3) is 0.333. The molecular formula is C15H15ClN2O2. The molecule has 20 heavy (non-hydrogen) atoms. The summed E-state index contributed by atoms with van der Waals surface area (Å²) in [7, 11) is 0. The van der Waals surface area contributed by atoms with Crippen molar-refractivity contribution in [2.24, 2.45) is 0 Å². The predicted octanol–water partition coefficient (Wildman–Crippen LogP) is 3.23. The Bertz CT molecular complexity index is 666. The number of aromatic nitrogens is 1. The van der Waals surface area contributed by atoms with Gasteiger partial charge in [0, 0.05) is 23.9 Å². The summed E-state index contributed by atoms with van der Waals surface area (Å²) in [4.78, 5) is 16.2. The summed E-state index contributed by atoms with van der Waals surface area (Å²) < 4.78 is 5.28. The standard InChI is InChI=1S/C15H15ClN2O2/c1-8-14(17-9(2)20-8)15(19)18-13-7-11(13)10-5-3-4-6-12(10)16/h3-6,11,13H,7H2,1-2H3,(H,18,19)/t11-,13+/m0/s1. The number of benzene rings is 1. The van der Waals surface area contributed by atoms with Crippen LogP contribution in [0.2, 0.25) is 5.02 Å². The molecule has 1 aromatic heterocycles. The molecule has 1 N–H and O–H groups in total. The molecule has 5 heteroatoms. The number of oxazole rings is 1. The minimum Gasteiger partial charge on any atom is -0.445 e. The highest BCUT2D eigenvalue weighted by molar-refractivity contribution is 6.31. The molecule has 1 amide bonds. The number of halogens is 1. The average molecular weight is 291 g/mol. The van der Waals surface area contributed by atoms with Crippen molar-refractivity contribution in [2.75, 3.05) is 0 Å². The largest absolute Gasteiger partial charge is 0.445 e. The molecule has 1 fully saturated rings. The molecule has 4 nitrogen and oxygen atoms in total. The van der Waals surface area contributed by atoms with Gasteiger partial charge in [-0.25, -0.2) is 4.98 Å². The summed E-state index contributed by atoms with van der Waals surface area (Å²) in [6.45, 7) is 3.47. The van der Waals surface area contributed by atoms with Crippen molar-refractivity contribution in [3.05, 3.63) is 52.2 Å². The quantitative estimate of drug-likeness (QED) is 0.944. The van der Waals surface area contributed by atoms with E-state index in [0.717, 1.165) is 17.0 Å². The smallest absolute Gasteiger partial charge is 0.273 e. The van der Waals surface area contributed by atoms with Crippen molar-refractivity contribution in [1.29, 1.82) is 0 Å². The molecule has 0 saturated heterocycles. The zero-order chi connectivity index (χ0) is 14.3. The van der Waals surface area contributed by atoms with Gasteiger partial charge in [0.1, 0.15) is 5.76 Å². The number of nitrogens with zero attached hydrogens (tertiary/aromatic N) is 1. The summed E-state index contributed by atoms with van der Waals surface area (Å²) >= 11 is 6.17. The van der Waals surface area contributed by atoms with Crippen LogP contribution in [0.3, 0.4) is 0 Å². The SMILES string of the molecule is Cc1nc(C(=O)N[C@@H]2C[C@H]2c2ccccc2Cl)c(C)o1. The van der Waals surface area contributed by atoms with Crippen LogP contribution >= 0.6 is 11.6 Å². The van der Waals surface area contributed by atoms with Gasteiger partial charge in [0.15, 0.2) is 11.6 Å². The number of hydrogen-bond acceptors (Lipinski definition) is 3. The van der Waals surface area contributed by atoms with Gasteiger partial charge in [-0.3, -0.25) is 4.79 Å². The lowest BCUT2D eigenvalue weighted by atomic mass is 10.1. The summed E-state index contributed by atoms with van der Waals surface area (Å²) in [5.41, 5.74) is 1.46. The van der Waals surface area contributed by atoms with Crippen LogP contribution in [-0.4, -0.2) is 16.9 Å². The van der Waals surface area contributed by atoms with Gasteiger partial charge < -0.3 is 9.73 Å². The number of nitrogens with one attached hydrogen (secondary N) is 1. The minimum atomic E-state index is -0.182. The van der Waals surface area contributed by atoms with E-state index in [1.165, 1.54) is 0 Å². The maximum Gasteiger partial charge on any atom is 0.273 e. The second-order valence-electron chi connectivity index (χ2n) is 5.08. The average Bonchev–Trinajstić information content (AvgIpc) is 3.06. The molecule has 0 unspecified atom stereocenters. The van der Waals surface area contributed by atoms with Gasteiger partial charge in [-0.2, -0.15) is 0 Å². The van der Waals surface area contributed by atoms with Gasteiger partial charge in [-0.1, -0.05) is 29.8 Å². The number of carbonyl (C=O) groups excluding carboxylic acids is 1. The first-order chi connectivity index (χ1) is 9.56. The van der Waals surface area contributed by atoms with Gasteiger partial charge >= 0.3 is 0 Å². The molecule has 104 valence electrons. The Labute approximate surface area is 122 Å². The molecule has 0 spiro atoms. The molecule has 1 aliphatic rings. The molecule has 1 heterocycles. The summed E-state index contributed by atoms with van der Waals surface area (Å²) in [5.74, 6) is 1.17. The van der Waals surface area contributed by atoms with Gasteiger partial charge in [0.05, 0.1) is 0 Å². The van der Waals surface area contributed by atoms with Crippen LogP contribution in [0.25, 0.3) is 0 Å². The Kier molecular flexibility index (Phi) is 3.26. The third-order valence-electron chi connectivity index (χ3n) is 3.53. The predicted molar refractivity (Wildman–Crippen MR) is 76.0 cm³/mol. The van der Waals surface area contributed by atoms with Crippen LogP contribution in [0.15, 0.2) is 28.7 Å². The summed E-state index contributed by atoms with van der Waals surface area (Å²) in [6.07, 6.45) is 0.908. The normalized spacial score (nSPS) is 20.8. The molecule has 0 radical (unpaired) electrons. The Morgan fingerprint density at radius 3 is 2.80 bits per heavy atom. The van der Waals surface area contributed by atoms with Crippen LogP contribution in [-0.2, 0) is 0 Å². The van der Waals surface area contributed by atoms with Gasteiger partial charge in [0.25, 0.3) is 5.91 Å². The molecule has 0 aliphatic heterocycles. The topological polar surface area (TPSA) is 55.1 Å². The Morgan fingerprint density at radius 2 is 2.15 bits per heavy atom. The van der Waals surface area contributed by atoms with Crippen molar-refractivity contribution < 1.29 is 9.21 Å². The van der Waals surface area contributed by atoms with Crippen molar-refractivity contribution in [1.82, 2.24) is 10.3 Å². The van der Waals surface area contributed by atoms with Crippen molar-refractivity contribution in [3.63, 3.8) is 0 Å². The highest BCUT2D eigenvalue weighted by atomic mass is 35.5. The number of rotatable bonds is 3. The molecular weight excluding hydrogens is 276 g/mol. The molecule has 1 aliphatic carbocycles. The Balaban J connectivity index is 1.68. The molecule has 1 saturated carbocycles. The zero-order valence-corrected chi connectivity index (χ0v) is 12.1. The third-order valence-corrected chi connectivity index (χ3v) is 3.87. The first kappa shape index (κ1) is 13.2. The molecule has 2 aromatic rings. The Hall–Kier alpha value is -1.81. The van der Waals surface area contributed by atoms with E-state index in [1.54, 1.807) is 13.8 Å². The first-order valence-electron chi connectivity index (χ1n) is 6.55. The zero-order valence-electron chi connectivity index (χ0n) is 11.3. The fourth-order valence-electron chi connectivity index (χ4n) is 2.45. The Morgan fingerprint density at radius 1 is 1.40 bits per heavy atom. The van der Waals surface area contributed by atoms with E-state index in [4.69, 9.17) is 16.0 Å². The lowest BCUT2D eigenvalue weighted by Gasteiger charge is -2.04. The van der Waals surface area contributed by atoms with E-state index in [0.29, 0.717) is 23.3 Å². The third kappa shape index (κ3) is 2.43. The van der Waals surface area contributed by atoms with Crippen LogP contribution in [0.1, 0.15) is 40.0 Å². The van der Waals surface area contributed by atoms with Crippen LogP contribution in [0.5, 0.6) is 0 Å². The highest BCUT2D eigenvalue weighted by Crippen LogP contribution is 2.43. The van der Waals surface area contributed by atoms with E-state index in [2.05, 4.69) is 10.3 Å². The van der Waals surface area contributed by atoms with E-state index in [-0.39, 0.29) is 11.9 Å². The van der Waals surface area contributed by atoms with Gasteiger partial charge in [0.2, 0.25) is 0 Å². The van der Waals surface area contributed by atoms with Crippen molar-refractivity contribution in [3.8, 4) is 0 Å². The van der Waals surface area contributed by atoms with Gasteiger partial charge in [-0.15, -0.1) is 0 Å². The molecule has 2 atom stereocenters. The number of aryl methyl sites for hydroxylation is 2. The number of hydrogen-bond donors (Lipinski definition) is 1. The van der Waals surface area contributed by atoms with Crippen molar-refractivity contribution >= 4 is 17.5 Å². The van der Waals surface area contributed by atoms with E-state index in [9.17, 15) is 4.79 Å². The maximum absolute atomic E-state index is 12.1. The van der Waals surface area contributed by atoms with E-state index < -0.39 is 0 Å². The number of amides is 1. The fourth-order valence-corrected chi connectivity index (χ4v) is 2.73. The molecule has 3 rings (SSSR count). The van der Waals surface area contributed by atoms with E-state index in [1.807, 2.05) is 24.3 Å². The summed E-state index contributed by atoms with van der Waals surface area (Å²) in [5, 5.41) is 3.73. The van der Waals surface area contributed by atoms with E-state index >= 15 is 0 Å². The monoisotopic (exact) mass is 290 g/mol. The maximum atomic E-state index is 12.1. The lowest BCUT2D eigenvalue weighted by Crippen LogP contribution is -2.27. The summed E-state index contributed by atoms with van der Waals surface area (Å²) in [6, 6.07) is 7.87.